The lowest BCUT2D eigenvalue weighted by Crippen LogP contribution is -2.13. The molecule has 24 heavy (non-hydrogen) atoms. The Bertz CT molecular complexity index is 907. The summed E-state index contributed by atoms with van der Waals surface area (Å²) in [6.07, 6.45) is 1.69. The van der Waals surface area contributed by atoms with Gasteiger partial charge in [-0.2, -0.15) is 0 Å². The van der Waals surface area contributed by atoms with E-state index < -0.39 is 0 Å². The number of ether oxygens (including phenoxy) is 2. The number of aromatic nitrogens is 1. The topological polar surface area (TPSA) is 60.5 Å². The van der Waals surface area contributed by atoms with Crippen molar-refractivity contribution in [1.29, 1.82) is 0 Å². The fourth-order valence-corrected chi connectivity index (χ4v) is 2.68. The first-order valence-electron chi connectivity index (χ1n) is 7.20. The van der Waals surface area contributed by atoms with Gasteiger partial charge in [0.2, 0.25) is 0 Å². The number of nitrogens with one attached hydrogen (secondary N) is 1. The normalized spacial score (nSPS) is 10.5. The van der Waals surface area contributed by atoms with Crippen molar-refractivity contribution < 1.29 is 14.3 Å². The summed E-state index contributed by atoms with van der Waals surface area (Å²) >= 11 is 6.09. The van der Waals surface area contributed by atoms with Gasteiger partial charge in [0, 0.05) is 29.3 Å². The van der Waals surface area contributed by atoms with E-state index in [9.17, 15) is 4.79 Å². The molecule has 0 aliphatic heterocycles. The predicted molar refractivity (Wildman–Crippen MR) is 94.3 cm³/mol. The number of methoxy groups -OCH3 is 2. The molecule has 0 aliphatic rings. The molecule has 0 saturated heterocycles. The molecule has 5 nitrogen and oxygen atoms in total. The van der Waals surface area contributed by atoms with Crippen molar-refractivity contribution in [1.82, 2.24) is 4.98 Å². The molecule has 1 amide bonds. The molecule has 122 valence electrons. The number of rotatable bonds is 4. The Morgan fingerprint density at radius 3 is 2.62 bits per heavy atom. The third-order valence-electron chi connectivity index (χ3n) is 3.61. The minimum atomic E-state index is -0.267. The number of hydrogen-bond donors (Lipinski definition) is 1. The molecule has 3 rings (SSSR count). The molecule has 0 unspecified atom stereocenters. The number of hydrogen-bond acceptors (Lipinski definition) is 4. The number of nitrogens with zero attached hydrogens (tertiary/aromatic N) is 1. The molecule has 0 spiro atoms. The summed E-state index contributed by atoms with van der Waals surface area (Å²) in [4.78, 5) is 17.0. The third kappa shape index (κ3) is 2.98. The molecule has 0 bridgehead atoms. The van der Waals surface area contributed by atoms with Crippen LogP contribution in [0.3, 0.4) is 0 Å². The van der Waals surface area contributed by atoms with E-state index in [2.05, 4.69) is 10.3 Å². The summed E-state index contributed by atoms with van der Waals surface area (Å²) in [5, 5.41) is 4.02. The van der Waals surface area contributed by atoms with Crippen LogP contribution in [-0.4, -0.2) is 25.1 Å². The van der Waals surface area contributed by atoms with Gasteiger partial charge in [0.05, 0.1) is 30.4 Å². The Morgan fingerprint density at radius 1 is 1.08 bits per heavy atom. The molecule has 3 aromatic rings. The van der Waals surface area contributed by atoms with Gasteiger partial charge in [-0.25, -0.2) is 0 Å². The molecular weight excluding hydrogens is 328 g/mol. The number of anilines is 1. The Hall–Kier alpha value is -2.79. The zero-order chi connectivity index (χ0) is 17.1. The SMILES string of the molecule is COc1cc(NC(=O)c2cccc3ncccc23)c(OC)cc1Cl. The van der Waals surface area contributed by atoms with Crippen LogP contribution in [0.2, 0.25) is 5.02 Å². The summed E-state index contributed by atoms with van der Waals surface area (Å²) in [5.74, 6) is 0.635. The van der Waals surface area contributed by atoms with Crippen LogP contribution in [0, 0.1) is 0 Å². The van der Waals surface area contributed by atoms with Crippen molar-refractivity contribution in [3.8, 4) is 11.5 Å². The highest BCUT2D eigenvalue weighted by Crippen LogP contribution is 2.36. The molecule has 1 heterocycles. The van der Waals surface area contributed by atoms with Crippen LogP contribution < -0.4 is 14.8 Å². The summed E-state index contributed by atoms with van der Waals surface area (Å²) in [5.41, 5.74) is 1.76. The Kier molecular flexibility index (Phi) is 4.53. The van der Waals surface area contributed by atoms with E-state index >= 15 is 0 Å². The molecule has 0 fully saturated rings. The summed E-state index contributed by atoms with van der Waals surface area (Å²) in [7, 11) is 3.02. The standard InChI is InChI=1S/C18H15ClN2O3/c1-23-16-10-15(17(24-2)9-13(16)19)21-18(22)12-5-3-7-14-11(12)6-4-8-20-14/h3-10H,1-2H3,(H,21,22). The van der Waals surface area contributed by atoms with Crippen LogP contribution in [0.1, 0.15) is 10.4 Å². The Balaban J connectivity index is 2.00. The molecule has 1 aromatic heterocycles. The van der Waals surface area contributed by atoms with Crippen molar-refractivity contribution in [2.24, 2.45) is 0 Å². The number of amides is 1. The number of carbonyl (C=O) groups excluding carboxylic acids is 1. The van der Waals surface area contributed by atoms with Crippen LogP contribution >= 0.6 is 11.6 Å². The van der Waals surface area contributed by atoms with E-state index in [1.54, 1.807) is 36.5 Å². The number of benzene rings is 2. The van der Waals surface area contributed by atoms with E-state index in [1.165, 1.54) is 14.2 Å². The monoisotopic (exact) mass is 342 g/mol. The van der Waals surface area contributed by atoms with Gasteiger partial charge in [-0.3, -0.25) is 9.78 Å². The first kappa shape index (κ1) is 16.1. The first-order valence-corrected chi connectivity index (χ1v) is 7.58. The van der Waals surface area contributed by atoms with E-state index in [0.717, 1.165) is 10.9 Å². The fraction of sp³-hybridized carbons (Fsp3) is 0.111. The van der Waals surface area contributed by atoms with Crippen LogP contribution in [0.4, 0.5) is 5.69 Å². The minimum absolute atomic E-state index is 0.267. The van der Waals surface area contributed by atoms with Crippen molar-refractivity contribution in [3.05, 3.63) is 59.2 Å². The van der Waals surface area contributed by atoms with Gasteiger partial charge in [0.1, 0.15) is 11.5 Å². The van der Waals surface area contributed by atoms with Gasteiger partial charge in [0.25, 0.3) is 5.91 Å². The molecule has 2 aromatic carbocycles. The van der Waals surface area contributed by atoms with Crippen molar-refractivity contribution in [2.75, 3.05) is 19.5 Å². The van der Waals surface area contributed by atoms with E-state index in [1.807, 2.05) is 12.1 Å². The average molecular weight is 343 g/mol. The predicted octanol–water partition coefficient (Wildman–Crippen LogP) is 4.16. The molecule has 0 saturated carbocycles. The highest BCUT2D eigenvalue weighted by Gasteiger charge is 2.15. The first-order chi connectivity index (χ1) is 11.6. The molecule has 6 heteroatoms. The minimum Gasteiger partial charge on any atom is -0.495 e. The molecule has 0 radical (unpaired) electrons. The highest BCUT2D eigenvalue weighted by atomic mass is 35.5. The highest BCUT2D eigenvalue weighted by molar-refractivity contribution is 6.32. The van der Waals surface area contributed by atoms with Gasteiger partial charge in [-0.1, -0.05) is 23.7 Å². The van der Waals surface area contributed by atoms with Gasteiger partial charge < -0.3 is 14.8 Å². The number of pyridine rings is 1. The van der Waals surface area contributed by atoms with Crippen molar-refractivity contribution >= 4 is 34.1 Å². The summed E-state index contributed by atoms with van der Waals surface area (Å²) in [6, 6.07) is 12.3. The third-order valence-corrected chi connectivity index (χ3v) is 3.91. The fourth-order valence-electron chi connectivity index (χ4n) is 2.45. The maximum Gasteiger partial charge on any atom is 0.256 e. The molecule has 0 atom stereocenters. The zero-order valence-electron chi connectivity index (χ0n) is 13.2. The summed E-state index contributed by atoms with van der Waals surface area (Å²) < 4.78 is 10.5. The molecular formula is C18H15ClN2O3. The maximum atomic E-state index is 12.7. The lowest BCUT2D eigenvalue weighted by molar-refractivity contribution is 0.102. The van der Waals surface area contributed by atoms with Gasteiger partial charge in [-0.15, -0.1) is 0 Å². The van der Waals surface area contributed by atoms with Crippen LogP contribution in [0.25, 0.3) is 10.9 Å². The zero-order valence-corrected chi connectivity index (χ0v) is 13.9. The smallest absolute Gasteiger partial charge is 0.256 e. The lowest BCUT2D eigenvalue weighted by Gasteiger charge is -2.13. The second-order valence-corrected chi connectivity index (χ2v) is 5.42. The summed E-state index contributed by atoms with van der Waals surface area (Å²) in [6.45, 7) is 0. The van der Waals surface area contributed by atoms with E-state index in [0.29, 0.717) is 27.8 Å². The van der Waals surface area contributed by atoms with E-state index in [4.69, 9.17) is 21.1 Å². The largest absolute Gasteiger partial charge is 0.495 e. The molecule has 0 aliphatic carbocycles. The number of fused-ring (bicyclic) bond motifs is 1. The van der Waals surface area contributed by atoms with Gasteiger partial charge in [-0.05, 0) is 18.2 Å². The van der Waals surface area contributed by atoms with Crippen molar-refractivity contribution in [3.63, 3.8) is 0 Å². The van der Waals surface area contributed by atoms with E-state index in [-0.39, 0.29) is 5.91 Å². The quantitative estimate of drug-likeness (QED) is 0.773. The second kappa shape index (κ2) is 6.76. The number of halogens is 1. The van der Waals surface area contributed by atoms with Gasteiger partial charge in [0.15, 0.2) is 0 Å². The molecule has 1 N–H and O–H groups in total. The van der Waals surface area contributed by atoms with Crippen LogP contribution in [-0.2, 0) is 0 Å². The van der Waals surface area contributed by atoms with Gasteiger partial charge >= 0.3 is 0 Å². The lowest BCUT2D eigenvalue weighted by atomic mass is 10.1. The van der Waals surface area contributed by atoms with Crippen molar-refractivity contribution in [2.45, 2.75) is 0 Å². The maximum absolute atomic E-state index is 12.7. The average Bonchev–Trinajstić information content (AvgIpc) is 2.62. The number of carbonyl (C=O) groups is 1. The Labute approximate surface area is 144 Å². The van der Waals surface area contributed by atoms with Crippen LogP contribution in [0.5, 0.6) is 11.5 Å². The second-order valence-electron chi connectivity index (χ2n) is 5.02. The van der Waals surface area contributed by atoms with Crippen LogP contribution in [0.15, 0.2) is 48.7 Å². The Morgan fingerprint density at radius 2 is 1.88 bits per heavy atom.